The van der Waals surface area contributed by atoms with Crippen LogP contribution in [0.3, 0.4) is 0 Å². The van der Waals surface area contributed by atoms with E-state index in [4.69, 9.17) is 9.47 Å². The number of sulfonamides is 1. The maximum Gasteiger partial charge on any atom is 0.243 e. The number of carbonyl (C=O) groups is 1. The third-order valence-electron chi connectivity index (χ3n) is 5.48. The zero-order valence-corrected chi connectivity index (χ0v) is 20.4. The van der Waals surface area contributed by atoms with Crippen molar-refractivity contribution >= 4 is 15.9 Å². The van der Waals surface area contributed by atoms with Gasteiger partial charge in [-0.25, -0.2) is 8.42 Å². The minimum atomic E-state index is -3.99. The first-order valence-electron chi connectivity index (χ1n) is 11.0. The van der Waals surface area contributed by atoms with Crippen LogP contribution in [0, 0.1) is 0 Å². The molecule has 180 valence electrons. The van der Waals surface area contributed by atoms with E-state index in [-0.39, 0.29) is 29.9 Å². The Labute approximate surface area is 201 Å². The second-order valence-corrected chi connectivity index (χ2v) is 9.73. The molecule has 0 bridgehead atoms. The van der Waals surface area contributed by atoms with Crippen LogP contribution in [0.2, 0.25) is 0 Å². The van der Waals surface area contributed by atoms with Crippen LogP contribution in [0.15, 0.2) is 83.8 Å². The highest BCUT2D eigenvalue weighted by Gasteiger charge is 2.28. The lowest BCUT2D eigenvalue weighted by Crippen LogP contribution is -2.42. The van der Waals surface area contributed by atoms with Crippen molar-refractivity contribution in [3.63, 3.8) is 0 Å². The van der Waals surface area contributed by atoms with Crippen molar-refractivity contribution < 1.29 is 22.7 Å². The zero-order valence-electron chi connectivity index (χ0n) is 19.6. The molecule has 3 aromatic carbocycles. The number of nitrogens with zero attached hydrogens (tertiary/aromatic N) is 1. The molecule has 1 amide bonds. The minimum absolute atomic E-state index is 0.0297. The Balaban J connectivity index is 1.84. The standard InChI is InChI=1S/C26H30N2O5S/c1-20(22-12-8-5-9-13-22)27-26(29)19-28(17-16-21-10-6-4-7-11-21)34(30,31)23-14-15-24(32-2)25(18-23)33-3/h4-15,18,20H,16-17,19H2,1-3H3,(H,27,29)/t20-/m0/s1. The van der Waals surface area contributed by atoms with Crippen LogP contribution in [0.25, 0.3) is 0 Å². The Kier molecular flexibility index (Phi) is 8.67. The third-order valence-corrected chi connectivity index (χ3v) is 7.32. The quantitative estimate of drug-likeness (QED) is 0.449. The van der Waals surface area contributed by atoms with E-state index in [1.54, 1.807) is 6.07 Å². The highest BCUT2D eigenvalue weighted by atomic mass is 32.2. The van der Waals surface area contributed by atoms with Crippen LogP contribution in [0.1, 0.15) is 24.1 Å². The molecular formula is C26H30N2O5S. The molecule has 0 saturated heterocycles. The van der Waals surface area contributed by atoms with E-state index >= 15 is 0 Å². The van der Waals surface area contributed by atoms with Crippen molar-refractivity contribution in [2.75, 3.05) is 27.3 Å². The molecule has 0 aromatic heterocycles. The van der Waals surface area contributed by atoms with E-state index in [1.807, 2.05) is 67.6 Å². The number of methoxy groups -OCH3 is 2. The molecule has 3 rings (SSSR count). The van der Waals surface area contributed by atoms with Gasteiger partial charge in [0.2, 0.25) is 15.9 Å². The molecule has 0 unspecified atom stereocenters. The maximum absolute atomic E-state index is 13.6. The van der Waals surface area contributed by atoms with Crippen molar-refractivity contribution in [1.29, 1.82) is 0 Å². The lowest BCUT2D eigenvalue weighted by atomic mass is 10.1. The van der Waals surface area contributed by atoms with E-state index < -0.39 is 10.0 Å². The molecule has 3 aromatic rings. The van der Waals surface area contributed by atoms with Crippen molar-refractivity contribution in [2.24, 2.45) is 0 Å². The van der Waals surface area contributed by atoms with E-state index in [0.717, 1.165) is 11.1 Å². The smallest absolute Gasteiger partial charge is 0.243 e. The second-order valence-electron chi connectivity index (χ2n) is 7.79. The van der Waals surface area contributed by atoms with Crippen LogP contribution in [-0.2, 0) is 21.2 Å². The average molecular weight is 483 g/mol. The van der Waals surface area contributed by atoms with Gasteiger partial charge in [-0.15, -0.1) is 0 Å². The summed E-state index contributed by atoms with van der Waals surface area (Å²) in [7, 11) is -1.06. The third kappa shape index (κ3) is 6.36. The largest absolute Gasteiger partial charge is 0.493 e. The van der Waals surface area contributed by atoms with E-state index in [1.165, 1.54) is 30.7 Å². The number of ether oxygens (including phenoxy) is 2. The summed E-state index contributed by atoms with van der Waals surface area (Å²) in [5.41, 5.74) is 1.92. The predicted octanol–water partition coefficient (Wildman–Crippen LogP) is 3.81. The van der Waals surface area contributed by atoms with Crippen LogP contribution in [-0.4, -0.2) is 45.9 Å². The van der Waals surface area contributed by atoms with Gasteiger partial charge >= 0.3 is 0 Å². The van der Waals surface area contributed by atoms with E-state index in [9.17, 15) is 13.2 Å². The Morgan fingerprint density at radius 3 is 2.15 bits per heavy atom. The van der Waals surface area contributed by atoms with Gasteiger partial charge in [0.05, 0.1) is 31.7 Å². The Bertz CT molecular complexity index is 1180. The van der Waals surface area contributed by atoms with Gasteiger partial charge in [-0.1, -0.05) is 60.7 Å². The van der Waals surface area contributed by atoms with Gasteiger partial charge in [0.25, 0.3) is 0 Å². The van der Waals surface area contributed by atoms with Gasteiger partial charge in [-0.2, -0.15) is 4.31 Å². The number of benzene rings is 3. The zero-order chi connectivity index (χ0) is 24.6. The molecule has 1 N–H and O–H groups in total. The summed E-state index contributed by atoms with van der Waals surface area (Å²) in [5, 5.41) is 2.90. The number of hydrogen-bond donors (Lipinski definition) is 1. The molecular weight excluding hydrogens is 452 g/mol. The summed E-state index contributed by atoms with van der Waals surface area (Å²) < 4.78 is 38.8. The van der Waals surface area contributed by atoms with Crippen LogP contribution in [0.5, 0.6) is 11.5 Å². The van der Waals surface area contributed by atoms with Crippen molar-refractivity contribution in [2.45, 2.75) is 24.3 Å². The van der Waals surface area contributed by atoms with Gasteiger partial charge in [-0.3, -0.25) is 4.79 Å². The average Bonchev–Trinajstić information content (AvgIpc) is 2.87. The molecule has 0 spiro atoms. The lowest BCUT2D eigenvalue weighted by molar-refractivity contribution is -0.121. The molecule has 0 aliphatic rings. The van der Waals surface area contributed by atoms with Crippen LogP contribution < -0.4 is 14.8 Å². The van der Waals surface area contributed by atoms with E-state index in [2.05, 4.69) is 5.32 Å². The Morgan fingerprint density at radius 1 is 0.912 bits per heavy atom. The number of nitrogens with one attached hydrogen (secondary N) is 1. The van der Waals surface area contributed by atoms with Gasteiger partial charge in [-0.05, 0) is 36.6 Å². The molecule has 0 aliphatic heterocycles. The fourth-order valence-corrected chi connectivity index (χ4v) is 4.99. The number of carbonyl (C=O) groups excluding carboxylic acids is 1. The summed E-state index contributed by atoms with van der Waals surface area (Å²) in [6.07, 6.45) is 0.467. The molecule has 0 heterocycles. The highest BCUT2D eigenvalue weighted by molar-refractivity contribution is 7.89. The number of amides is 1. The number of hydrogen-bond acceptors (Lipinski definition) is 5. The molecule has 1 atom stereocenters. The van der Waals surface area contributed by atoms with Crippen LogP contribution >= 0.6 is 0 Å². The summed E-state index contributed by atoms with van der Waals surface area (Å²) in [4.78, 5) is 12.9. The Hall–Kier alpha value is -3.36. The molecule has 0 aliphatic carbocycles. The van der Waals surface area contributed by atoms with Crippen LogP contribution in [0.4, 0.5) is 0 Å². The van der Waals surface area contributed by atoms with Gasteiger partial charge in [0, 0.05) is 12.6 Å². The minimum Gasteiger partial charge on any atom is -0.493 e. The van der Waals surface area contributed by atoms with Crippen molar-refractivity contribution in [3.8, 4) is 11.5 Å². The molecule has 8 heteroatoms. The van der Waals surface area contributed by atoms with Crippen molar-refractivity contribution in [1.82, 2.24) is 9.62 Å². The summed E-state index contributed by atoms with van der Waals surface area (Å²) in [6.45, 7) is 1.71. The summed E-state index contributed by atoms with van der Waals surface area (Å²) in [5.74, 6) is 0.342. The predicted molar refractivity (Wildman–Crippen MR) is 131 cm³/mol. The second kappa shape index (κ2) is 11.7. The number of rotatable bonds is 11. The maximum atomic E-state index is 13.6. The first-order valence-corrected chi connectivity index (χ1v) is 12.4. The topological polar surface area (TPSA) is 84.9 Å². The first-order chi connectivity index (χ1) is 16.3. The highest BCUT2D eigenvalue weighted by Crippen LogP contribution is 2.30. The lowest BCUT2D eigenvalue weighted by Gasteiger charge is -2.23. The molecule has 34 heavy (non-hydrogen) atoms. The fraction of sp³-hybridized carbons (Fsp3) is 0.269. The fourth-order valence-electron chi connectivity index (χ4n) is 3.58. The molecule has 0 fully saturated rings. The SMILES string of the molecule is COc1ccc(S(=O)(=O)N(CCc2ccccc2)CC(=O)N[C@@H](C)c2ccccc2)cc1OC. The summed E-state index contributed by atoms with van der Waals surface area (Å²) >= 11 is 0. The normalized spacial score (nSPS) is 12.2. The molecule has 7 nitrogen and oxygen atoms in total. The van der Waals surface area contributed by atoms with Gasteiger partial charge in [0.1, 0.15) is 0 Å². The monoisotopic (exact) mass is 482 g/mol. The van der Waals surface area contributed by atoms with Gasteiger partial charge in [0.15, 0.2) is 11.5 Å². The first kappa shape index (κ1) is 25.3. The van der Waals surface area contributed by atoms with Gasteiger partial charge < -0.3 is 14.8 Å². The molecule has 0 radical (unpaired) electrons. The van der Waals surface area contributed by atoms with E-state index in [0.29, 0.717) is 17.9 Å². The molecule has 0 saturated carbocycles. The Morgan fingerprint density at radius 2 is 1.53 bits per heavy atom. The summed E-state index contributed by atoms with van der Waals surface area (Å²) in [6, 6.07) is 23.2. The van der Waals surface area contributed by atoms with Crippen molar-refractivity contribution in [3.05, 3.63) is 90.0 Å².